The Morgan fingerprint density at radius 1 is 0.914 bits per heavy atom. The molecular weight excluding hydrogens is 468 g/mol. The lowest BCUT2D eigenvalue weighted by Crippen LogP contribution is -2.49. The molecule has 0 spiro atoms. The van der Waals surface area contributed by atoms with Crippen LogP contribution in [0.25, 0.3) is 0 Å². The summed E-state index contributed by atoms with van der Waals surface area (Å²) < 4.78 is 8.49. The van der Waals surface area contributed by atoms with Crippen molar-refractivity contribution in [3.05, 3.63) is 91.6 Å². The monoisotopic (exact) mass is 496 g/mol. The van der Waals surface area contributed by atoms with E-state index in [2.05, 4.69) is 9.80 Å². The number of rotatable bonds is 8. The van der Waals surface area contributed by atoms with E-state index < -0.39 is 0 Å². The number of carbonyl (C=O) groups excluding carboxylic acids is 1. The Hall–Kier alpha value is -3.36. The lowest BCUT2D eigenvalue weighted by molar-refractivity contribution is 0.103. The SMILES string of the molecule is Cn1c(N2CCN(CCCOc3ccc(C(=O)c4ccccc4)cc3Cl)CC2)cc(=O)n(C)c1=O. The van der Waals surface area contributed by atoms with Crippen molar-refractivity contribution in [3.63, 3.8) is 0 Å². The van der Waals surface area contributed by atoms with Crippen molar-refractivity contribution in [2.75, 3.05) is 44.2 Å². The summed E-state index contributed by atoms with van der Waals surface area (Å²) in [6.45, 7) is 4.52. The topological polar surface area (TPSA) is 76.8 Å². The summed E-state index contributed by atoms with van der Waals surface area (Å²) in [7, 11) is 3.18. The lowest BCUT2D eigenvalue weighted by atomic mass is 10.0. The van der Waals surface area contributed by atoms with Crippen LogP contribution in [0.4, 0.5) is 5.82 Å². The van der Waals surface area contributed by atoms with Crippen LogP contribution in [0.1, 0.15) is 22.3 Å². The first-order valence-electron chi connectivity index (χ1n) is 11.6. The van der Waals surface area contributed by atoms with Crippen molar-refractivity contribution >= 4 is 23.2 Å². The molecule has 8 nitrogen and oxygen atoms in total. The second kappa shape index (κ2) is 10.9. The van der Waals surface area contributed by atoms with Crippen LogP contribution in [0.5, 0.6) is 5.75 Å². The first kappa shape index (κ1) is 24.8. The van der Waals surface area contributed by atoms with Gasteiger partial charge in [-0.1, -0.05) is 41.9 Å². The fraction of sp³-hybridized carbons (Fsp3) is 0.346. The molecule has 0 radical (unpaired) electrons. The molecule has 0 bridgehead atoms. The second-order valence-electron chi connectivity index (χ2n) is 8.61. The van der Waals surface area contributed by atoms with Crippen LogP contribution < -0.4 is 20.9 Å². The third kappa shape index (κ3) is 5.66. The van der Waals surface area contributed by atoms with Crippen molar-refractivity contribution in [1.29, 1.82) is 0 Å². The molecule has 1 fully saturated rings. The number of nitrogens with zero attached hydrogens (tertiary/aromatic N) is 4. The predicted octanol–water partition coefficient (Wildman–Crippen LogP) is 2.56. The van der Waals surface area contributed by atoms with Crippen LogP contribution in [0.15, 0.2) is 64.2 Å². The number of piperazine rings is 1. The quantitative estimate of drug-likeness (QED) is 0.352. The molecule has 0 atom stereocenters. The minimum atomic E-state index is -0.316. The summed E-state index contributed by atoms with van der Waals surface area (Å²) in [5.41, 5.74) is 0.538. The van der Waals surface area contributed by atoms with Gasteiger partial charge in [0.05, 0.1) is 11.6 Å². The number of benzene rings is 2. The van der Waals surface area contributed by atoms with Gasteiger partial charge in [0.25, 0.3) is 5.56 Å². The molecule has 0 N–H and O–H groups in total. The molecule has 0 saturated carbocycles. The van der Waals surface area contributed by atoms with Gasteiger partial charge in [0, 0.05) is 64.0 Å². The highest BCUT2D eigenvalue weighted by molar-refractivity contribution is 6.32. The molecule has 0 aliphatic carbocycles. The van der Waals surface area contributed by atoms with E-state index >= 15 is 0 Å². The zero-order valence-corrected chi connectivity index (χ0v) is 20.7. The fourth-order valence-corrected chi connectivity index (χ4v) is 4.45. The molecular formula is C26H29ClN4O4. The van der Waals surface area contributed by atoms with Crippen molar-refractivity contribution in [3.8, 4) is 5.75 Å². The Kier molecular flexibility index (Phi) is 7.73. The van der Waals surface area contributed by atoms with Crippen LogP contribution in [-0.4, -0.2) is 59.1 Å². The maximum atomic E-state index is 12.6. The first-order valence-corrected chi connectivity index (χ1v) is 12.0. The average Bonchev–Trinajstić information content (AvgIpc) is 2.88. The highest BCUT2D eigenvalue weighted by Crippen LogP contribution is 2.26. The normalized spacial score (nSPS) is 14.2. The number of aromatic nitrogens is 2. The van der Waals surface area contributed by atoms with E-state index in [-0.39, 0.29) is 17.0 Å². The molecule has 1 saturated heterocycles. The van der Waals surface area contributed by atoms with Crippen molar-refractivity contribution in [2.24, 2.45) is 14.1 Å². The smallest absolute Gasteiger partial charge is 0.332 e. The van der Waals surface area contributed by atoms with E-state index in [0.717, 1.165) is 43.7 Å². The first-order chi connectivity index (χ1) is 16.8. The van der Waals surface area contributed by atoms with E-state index in [4.69, 9.17) is 16.3 Å². The minimum Gasteiger partial charge on any atom is -0.492 e. The molecule has 1 aliphatic heterocycles. The third-order valence-corrected chi connectivity index (χ3v) is 6.60. The Labute approximate surface area is 208 Å². The van der Waals surface area contributed by atoms with Crippen molar-refractivity contribution in [2.45, 2.75) is 6.42 Å². The van der Waals surface area contributed by atoms with Gasteiger partial charge in [-0.15, -0.1) is 0 Å². The molecule has 184 valence electrons. The zero-order chi connectivity index (χ0) is 24.9. The van der Waals surface area contributed by atoms with Gasteiger partial charge in [-0.3, -0.25) is 23.6 Å². The second-order valence-corrected chi connectivity index (χ2v) is 9.02. The van der Waals surface area contributed by atoms with Crippen LogP contribution in [0, 0.1) is 0 Å². The number of ether oxygens (including phenoxy) is 1. The van der Waals surface area contributed by atoms with Gasteiger partial charge in [0.1, 0.15) is 11.6 Å². The molecule has 35 heavy (non-hydrogen) atoms. The molecule has 3 aromatic rings. The van der Waals surface area contributed by atoms with Gasteiger partial charge in [0.15, 0.2) is 5.78 Å². The number of hydrogen-bond acceptors (Lipinski definition) is 6. The Balaban J connectivity index is 1.24. The van der Waals surface area contributed by atoms with E-state index in [1.165, 1.54) is 17.7 Å². The molecule has 0 amide bonds. The summed E-state index contributed by atoms with van der Waals surface area (Å²) in [6.07, 6.45) is 0.825. The number of halogens is 1. The zero-order valence-electron chi connectivity index (χ0n) is 19.9. The highest BCUT2D eigenvalue weighted by atomic mass is 35.5. The van der Waals surface area contributed by atoms with E-state index in [0.29, 0.717) is 34.3 Å². The number of carbonyl (C=O) groups is 1. The van der Waals surface area contributed by atoms with Gasteiger partial charge in [-0.05, 0) is 24.6 Å². The van der Waals surface area contributed by atoms with Crippen LogP contribution in [0.2, 0.25) is 5.02 Å². The molecule has 1 aromatic heterocycles. The largest absolute Gasteiger partial charge is 0.492 e. The number of ketones is 1. The Bertz CT molecular complexity index is 1310. The van der Waals surface area contributed by atoms with Crippen LogP contribution in [0.3, 0.4) is 0 Å². The molecule has 1 aliphatic rings. The third-order valence-electron chi connectivity index (χ3n) is 6.30. The standard InChI is InChI=1S/C26H29ClN4O4/c1-28-23(18-24(32)29(2)26(28)34)31-14-12-30(13-15-31)11-6-16-35-22-10-9-20(17-21(22)27)25(33)19-7-4-3-5-8-19/h3-5,7-10,17-18H,6,11-16H2,1-2H3. The molecule has 2 aromatic carbocycles. The predicted molar refractivity (Wildman–Crippen MR) is 137 cm³/mol. The molecule has 9 heteroatoms. The Morgan fingerprint density at radius 3 is 2.31 bits per heavy atom. The molecule has 4 rings (SSSR count). The van der Waals surface area contributed by atoms with Gasteiger partial charge in [-0.25, -0.2) is 4.79 Å². The summed E-state index contributed by atoms with van der Waals surface area (Å²) in [5.74, 6) is 1.15. The summed E-state index contributed by atoms with van der Waals surface area (Å²) in [5, 5.41) is 0.417. The van der Waals surface area contributed by atoms with Gasteiger partial charge >= 0.3 is 5.69 Å². The summed E-state index contributed by atoms with van der Waals surface area (Å²) in [4.78, 5) is 41.2. The van der Waals surface area contributed by atoms with Crippen LogP contribution >= 0.6 is 11.6 Å². The molecule has 0 unspecified atom stereocenters. The summed E-state index contributed by atoms with van der Waals surface area (Å²) in [6, 6.07) is 15.7. The highest BCUT2D eigenvalue weighted by Gasteiger charge is 2.20. The maximum Gasteiger partial charge on any atom is 0.332 e. The minimum absolute atomic E-state index is 0.0749. The lowest BCUT2D eigenvalue weighted by Gasteiger charge is -2.36. The van der Waals surface area contributed by atoms with Crippen molar-refractivity contribution in [1.82, 2.24) is 14.0 Å². The van der Waals surface area contributed by atoms with Gasteiger partial charge in [-0.2, -0.15) is 0 Å². The van der Waals surface area contributed by atoms with E-state index in [1.54, 1.807) is 37.4 Å². The van der Waals surface area contributed by atoms with Crippen LogP contribution in [-0.2, 0) is 14.1 Å². The number of anilines is 1. The Morgan fingerprint density at radius 2 is 1.63 bits per heavy atom. The van der Waals surface area contributed by atoms with Gasteiger partial charge in [0.2, 0.25) is 0 Å². The van der Waals surface area contributed by atoms with Crippen molar-refractivity contribution < 1.29 is 9.53 Å². The van der Waals surface area contributed by atoms with E-state index in [9.17, 15) is 14.4 Å². The maximum absolute atomic E-state index is 12.6. The summed E-state index contributed by atoms with van der Waals surface area (Å²) >= 11 is 6.37. The van der Waals surface area contributed by atoms with E-state index in [1.807, 2.05) is 18.2 Å². The average molecular weight is 497 g/mol. The number of hydrogen-bond donors (Lipinski definition) is 0. The molecule has 2 heterocycles. The fourth-order valence-electron chi connectivity index (χ4n) is 4.21. The van der Waals surface area contributed by atoms with Gasteiger partial charge < -0.3 is 9.64 Å².